The maximum Gasteiger partial charge on any atom is 0.408 e. The van der Waals surface area contributed by atoms with E-state index < -0.39 is 17.7 Å². The van der Waals surface area contributed by atoms with Gasteiger partial charge in [0, 0.05) is 6.04 Å². The van der Waals surface area contributed by atoms with Crippen LogP contribution in [0.15, 0.2) is 0 Å². The number of hydrogen-bond donors (Lipinski definition) is 2. The summed E-state index contributed by atoms with van der Waals surface area (Å²) >= 11 is 0. The predicted octanol–water partition coefficient (Wildman–Crippen LogP) is 1.42. The van der Waals surface area contributed by atoms with Crippen LogP contribution < -0.4 is 10.6 Å². The number of carbonyl (C=O) groups is 2. The lowest BCUT2D eigenvalue weighted by Crippen LogP contribution is -2.48. The van der Waals surface area contributed by atoms with E-state index in [1.165, 1.54) is 0 Å². The van der Waals surface area contributed by atoms with Crippen LogP contribution in [-0.2, 0) is 9.53 Å². The quantitative estimate of drug-likeness (QED) is 0.770. The van der Waals surface area contributed by atoms with Crippen LogP contribution >= 0.6 is 0 Å². The van der Waals surface area contributed by atoms with Gasteiger partial charge in [-0.15, -0.1) is 0 Å². The van der Waals surface area contributed by atoms with Crippen LogP contribution in [0.1, 0.15) is 41.5 Å². The average Bonchev–Trinajstić information content (AvgIpc) is 1.98. The summed E-state index contributed by atoms with van der Waals surface area (Å²) in [5, 5.41) is 5.17. The molecule has 1 atom stereocenters. The number of hydrogen-bond acceptors (Lipinski definition) is 3. The third-order valence-electron chi connectivity index (χ3n) is 1.56. The minimum absolute atomic E-state index is 0.0513. The first-order valence-corrected chi connectivity index (χ1v) is 5.41. The first kappa shape index (κ1) is 14.7. The fourth-order valence-corrected chi connectivity index (χ4v) is 0.959. The molecule has 0 aliphatic rings. The molecule has 5 heteroatoms. The Morgan fingerprint density at radius 3 is 1.94 bits per heavy atom. The van der Waals surface area contributed by atoms with Crippen molar-refractivity contribution in [3.05, 3.63) is 0 Å². The third-order valence-corrected chi connectivity index (χ3v) is 1.56. The highest BCUT2D eigenvalue weighted by molar-refractivity contribution is 5.85. The topological polar surface area (TPSA) is 67.4 Å². The summed E-state index contributed by atoms with van der Waals surface area (Å²) in [7, 11) is 0. The van der Waals surface area contributed by atoms with Crippen molar-refractivity contribution in [1.82, 2.24) is 10.6 Å². The monoisotopic (exact) mass is 230 g/mol. The van der Waals surface area contributed by atoms with Crippen LogP contribution in [0.5, 0.6) is 0 Å². The molecule has 0 aliphatic carbocycles. The summed E-state index contributed by atoms with van der Waals surface area (Å²) in [6.07, 6.45) is -0.584. The Labute approximate surface area is 96.9 Å². The molecule has 2 N–H and O–H groups in total. The molecule has 5 nitrogen and oxygen atoms in total. The molecule has 0 aromatic heterocycles. The lowest BCUT2D eigenvalue weighted by Gasteiger charge is -2.22. The fraction of sp³-hybridized carbons (Fsp3) is 0.818. The summed E-state index contributed by atoms with van der Waals surface area (Å²) in [6, 6.07) is -0.548. The molecule has 0 unspecified atom stereocenters. The Morgan fingerprint density at radius 1 is 1.06 bits per heavy atom. The highest BCUT2D eigenvalue weighted by Crippen LogP contribution is 2.06. The average molecular weight is 230 g/mol. The van der Waals surface area contributed by atoms with E-state index in [4.69, 9.17) is 4.74 Å². The maximum absolute atomic E-state index is 11.5. The number of carbonyl (C=O) groups excluding carboxylic acids is 2. The molecule has 94 valence electrons. The van der Waals surface area contributed by atoms with Crippen molar-refractivity contribution in [3.8, 4) is 0 Å². The molecule has 0 spiro atoms. The minimum atomic E-state index is -0.600. The van der Waals surface area contributed by atoms with E-state index in [-0.39, 0.29) is 11.9 Å². The second-order valence-corrected chi connectivity index (χ2v) is 5.03. The van der Waals surface area contributed by atoms with E-state index in [1.807, 2.05) is 13.8 Å². The zero-order valence-corrected chi connectivity index (χ0v) is 10.9. The van der Waals surface area contributed by atoms with Gasteiger partial charge in [-0.3, -0.25) is 4.79 Å². The van der Waals surface area contributed by atoms with Crippen LogP contribution in [0.4, 0.5) is 4.79 Å². The number of alkyl carbamates (subject to hydrolysis) is 1. The van der Waals surface area contributed by atoms with Crippen molar-refractivity contribution in [3.63, 3.8) is 0 Å². The van der Waals surface area contributed by atoms with Gasteiger partial charge in [-0.1, -0.05) is 0 Å². The van der Waals surface area contributed by atoms with E-state index in [9.17, 15) is 9.59 Å². The van der Waals surface area contributed by atoms with Crippen molar-refractivity contribution in [2.45, 2.75) is 59.2 Å². The number of rotatable bonds is 3. The second-order valence-electron chi connectivity index (χ2n) is 5.03. The molecule has 0 heterocycles. The molecule has 2 amide bonds. The zero-order valence-electron chi connectivity index (χ0n) is 10.9. The van der Waals surface area contributed by atoms with Crippen molar-refractivity contribution < 1.29 is 14.3 Å². The van der Waals surface area contributed by atoms with E-state index in [1.54, 1.807) is 27.7 Å². The highest BCUT2D eigenvalue weighted by atomic mass is 16.6. The van der Waals surface area contributed by atoms with Crippen LogP contribution in [0.2, 0.25) is 0 Å². The van der Waals surface area contributed by atoms with Gasteiger partial charge in [0.05, 0.1) is 0 Å². The smallest absolute Gasteiger partial charge is 0.408 e. The predicted molar refractivity (Wildman–Crippen MR) is 62.1 cm³/mol. The molecule has 0 aliphatic heterocycles. The largest absolute Gasteiger partial charge is 0.444 e. The Bertz CT molecular complexity index is 256. The van der Waals surface area contributed by atoms with Gasteiger partial charge in [0.25, 0.3) is 0 Å². The number of amides is 2. The summed E-state index contributed by atoms with van der Waals surface area (Å²) < 4.78 is 5.03. The van der Waals surface area contributed by atoms with Gasteiger partial charge >= 0.3 is 6.09 Å². The van der Waals surface area contributed by atoms with Crippen LogP contribution in [0.25, 0.3) is 0 Å². The summed E-state index contributed by atoms with van der Waals surface area (Å²) in [5.41, 5.74) is -0.557. The Hall–Kier alpha value is -1.26. The molecule has 0 bridgehead atoms. The van der Waals surface area contributed by atoms with Crippen molar-refractivity contribution >= 4 is 12.0 Å². The van der Waals surface area contributed by atoms with E-state index in [0.717, 1.165) is 0 Å². The Kier molecular flexibility index (Phi) is 5.27. The van der Waals surface area contributed by atoms with Gasteiger partial charge in [0.1, 0.15) is 11.6 Å². The van der Waals surface area contributed by atoms with Crippen molar-refractivity contribution in [2.24, 2.45) is 0 Å². The zero-order chi connectivity index (χ0) is 12.9. The van der Waals surface area contributed by atoms with E-state index in [2.05, 4.69) is 10.6 Å². The van der Waals surface area contributed by atoms with Gasteiger partial charge in [0.2, 0.25) is 5.91 Å². The SMILES string of the molecule is CC(C)NC(=O)[C@H](C)NC(=O)OC(C)(C)C. The van der Waals surface area contributed by atoms with Crippen molar-refractivity contribution in [2.75, 3.05) is 0 Å². The maximum atomic E-state index is 11.5. The lowest BCUT2D eigenvalue weighted by atomic mass is 10.2. The van der Waals surface area contributed by atoms with Gasteiger partial charge in [-0.2, -0.15) is 0 Å². The van der Waals surface area contributed by atoms with Crippen LogP contribution in [0.3, 0.4) is 0 Å². The normalized spacial score (nSPS) is 13.2. The third kappa shape index (κ3) is 7.09. The molecule has 0 saturated carbocycles. The second kappa shape index (κ2) is 5.72. The van der Waals surface area contributed by atoms with E-state index in [0.29, 0.717) is 0 Å². The molecule has 0 saturated heterocycles. The number of nitrogens with one attached hydrogen (secondary N) is 2. The van der Waals surface area contributed by atoms with Gasteiger partial charge in [-0.05, 0) is 41.5 Å². The molecule has 0 rings (SSSR count). The highest BCUT2D eigenvalue weighted by Gasteiger charge is 2.20. The molecule has 0 fully saturated rings. The lowest BCUT2D eigenvalue weighted by molar-refractivity contribution is -0.123. The minimum Gasteiger partial charge on any atom is -0.444 e. The van der Waals surface area contributed by atoms with E-state index >= 15 is 0 Å². The molecule has 16 heavy (non-hydrogen) atoms. The van der Waals surface area contributed by atoms with Gasteiger partial charge < -0.3 is 15.4 Å². The molecule has 0 radical (unpaired) electrons. The standard InChI is InChI=1S/C11H22N2O3/c1-7(2)12-9(14)8(3)13-10(15)16-11(4,5)6/h7-8H,1-6H3,(H,12,14)(H,13,15)/t8-/m0/s1. The Balaban J connectivity index is 4.09. The molecule has 0 aromatic carbocycles. The Morgan fingerprint density at radius 2 is 1.56 bits per heavy atom. The fourth-order valence-electron chi connectivity index (χ4n) is 0.959. The first-order valence-electron chi connectivity index (χ1n) is 5.41. The molecular weight excluding hydrogens is 208 g/mol. The summed E-state index contributed by atoms with van der Waals surface area (Å²) in [6.45, 7) is 10.6. The van der Waals surface area contributed by atoms with Crippen LogP contribution in [0, 0.1) is 0 Å². The summed E-state index contributed by atoms with van der Waals surface area (Å²) in [4.78, 5) is 22.8. The van der Waals surface area contributed by atoms with Gasteiger partial charge in [0.15, 0.2) is 0 Å². The summed E-state index contributed by atoms with van der Waals surface area (Å²) in [5.74, 6) is -0.221. The molecular formula is C11H22N2O3. The van der Waals surface area contributed by atoms with Gasteiger partial charge in [-0.25, -0.2) is 4.79 Å². The number of ether oxygens (including phenoxy) is 1. The molecule has 0 aromatic rings. The van der Waals surface area contributed by atoms with Crippen LogP contribution in [-0.4, -0.2) is 29.7 Å². The first-order chi connectivity index (χ1) is 7.11. The van der Waals surface area contributed by atoms with Crippen molar-refractivity contribution in [1.29, 1.82) is 0 Å².